The number of hydrogen-bond acceptors (Lipinski definition) is 17. The molecule has 2 aliphatic rings. The van der Waals surface area contributed by atoms with E-state index in [1.165, 1.54) is 0 Å². The first-order valence-corrected chi connectivity index (χ1v) is 19.0. The van der Waals surface area contributed by atoms with Gasteiger partial charge in [-0.3, -0.25) is 9.69 Å². The van der Waals surface area contributed by atoms with Crippen LogP contribution in [0.25, 0.3) is 0 Å². The van der Waals surface area contributed by atoms with Crippen molar-refractivity contribution in [3.05, 3.63) is 46.4 Å². The van der Waals surface area contributed by atoms with Gasteiger partial charge < -0.3 is 65.5 Å². The van der Waals surface area contributed by atoms with E-state index in [2.05, 4.69) is 9.97 Å². The molecule has 2 aliphatic heterocycles. The second-order valence-corrected chi connectivity index (χ2v) is 14.5. The average Bonchev–Trinajstić information content (AvgIpc) is 3.79. The second-order valence-electron chi connectivity index (χ2n) is 14.1. The molecule has 17 nitrogen and oxygen atoms in total. The van der Waals surface area contributed by atoms with Crippen molar-refractivity contribution in [2.45, 2.75) is 121 Å². The highest BCUT2D eigenvalue weighted by atomic mass is 35.5. The van der Waals surface area contributed by atoms with Gasteiger partial charge in [-0.1, -0.05) is 30.2 Å². The van der Waals surface area contributed by atoms with Gasteiger partial charge in [-0.15, -0.1) is 0 Å². The van der Waals surface area contributed by atoms with Crippen LogP contribution in [0.3, 0.4) is 0 Å². The van der Waals surface area contributed by atoms with Crippen LogP contribution in [0.2, 0.25) is 5.15 Å². The van der Waals surface area contributed by atoms with Crippen LogP contribution in [0.1, 0.15) is 67.7 Å². The summed E-state index contributed by atoms with van der Waals surface area (Å²) in [4.78, 5) is 22.2. The number of benzene rings is 1. The van der Waals surface area contributed by atoms with E-state index in [4.69, 9.17) is 46.4 Å². The van der Waals surface area contributed by atoms with Crippen LogP contribution in [0.4, 0.5) is 5.82 Å². The monoisotopic (exact) mass is 797 g/mol. The van der Waals surface area contributed by atoms with E-state index < -0.39 is 61.4 Å². The zero-order valence-electron chi connectivity index (χ0n) is 31.5. The molecule has 10 atom stereocenters. The van der Waals surface area contributed by atoms with Crippen LogP contribution in [-0.4, -0.2) is 158 Å². The lowest BCUT2D eigenvalue weighted by Crippen LogP contribution is -2.53. The Morgan fingerprint density at radius 2 is 1.49 bits per heavy atom. The highest BCUT2D eigenvalue weighted by molar-refractivity contribution is 6.30. The third kappa shape index (κ3) is 13.6. The summed E-state index contributed by atoms with van der Waals surface area (Å²) in [5.41, 5.74) is 7.63. The molecule has 308 valence electrons. The van der Waals surface area contributed by atoms with Gasteiger partial charge in [0.05, 0.1) is 37.5 Å². The minimum absolute atomic E-state index is 0.00679. The summed E-state index contributed by atoms with van der Waals surface area (Å²) in [5, 5.41) is 72.7. The number of carbonyl (C=O) groups excluding carboxylic acids is 1. The Labute approximate surface area is 325 Å². The van der Waals surface area contributed by atoms with Gasteiger partial charge in [0, 0.05) is 25.3 Å². The molecule has 2 fully saturated rings. The Hall–Kier alpha value is -2.91. The van der Waals surface area contributed by atoms with Crippen LogP contribution >= 0.6 is 11.6 Å². The predicted octanol–water partition coefficient (Wildman–Crippen LogP) is 0.785. The number of rotatable bonds is 23. The summed E-state index contributed by atoms with van der Waals surface area (Å²) in [6.45, 7) is 4.85. The Kier molecular flexibility index (Phi) is 17.6. The molecular formula is C37H56ClN5O12. The lowest BCUT2D eigenvalue weighted by atomic mass is 10.0. The number of nitrogens with zero attached hydrogens (tertiary/aromatic N) is 3. The number of aliphatic hydroxyl groups is 6. The lowest BCUT2D eigenvalue weighted by Gasteiger charge is -2.33. The number of carbonyl (C=O) groups is 1. The number of unbranched alkanes of at least 4 members (excludes halogenated alkanes) is 2. The van der Waals surface area contributed by atoms with Crippen molar-refractivity contribution < 1.29 is 59.1 Å². The standard InChI is InChI=1S/C37H56ClN5O12/c1-20-36(38)42-31(37(40)41-20)26(44)15-24(39)8-6-4-5-7-23-9-11-25(12-10-23)51-14-13-43(16-27(45)32(47)34(49)29-18-52-21(2)54-29)17-28(46)33(48)35(50)30-19-53-22(3)55-30/h9-12,21-22,27-30,32-35,39,45-50H,4-8,13-19H2,1-3H3,(H2,40,41)/t21-,22-,27+,28+,29-,30-,32-,33-,34-,35-/m1/s1. The van der Waals surface area contributed by atoms with Gasteiger partial charge in [-0.2, -0.15) is 0 Å². The van der Waals surface area contributed by atoms with Crippen molar-refractivity contribution in [2.75, 3.05) is 45.2 Å². The maximum Gasteiger partial charge on any atom is 0.190 e. The Bertz CT molecular complexity index is 1490. The Morgan fingerprint density at radius 1 is 0.927 bits per heavy atom. The van der Waals surface area contributed by atoms with E-state index >= 15 is 0 Å². The maximum atomic E-state index is 12.6. The first-order chi connectivity index (χ1) is 26.1. The van der Waals surface area contributed by atoms with E-state index in [0.29, 0.717) is 23.6 Å². The number of nitrogens with one attached hydrogen (secondary N) is 1. The minimum Gasteiger partial charge on any atom is -0.492 e. The van der Waals surface area contributed by atoms with Gasteiger partial charge in [0.15, 0.2) is 35.0 Å². The molecule has 3 heterocycles. The molecule has 0 spiro atoms. The molecule has 9 N–H and O–H groups in total. The number of anilines is 1. The summed E-state index contributed by atoms with van der Waals surface area (Å²) >= 11 is 5.98. The van der Waals surface area contributed by atoms with Crippen LogP contribution < -0.4 is 10.5 Å². The molecule has 2 saturated heterocycles. The quantitative estimate of drug-likeness (QED) is 0.0439. The number of aliphatic hydroxyl groups excluding tert-OH is 6. The molecule has 0 saturated carbocycles. The molecule has 2 aromatic rings. The number of nitrogens with two attached hydrogens (primary N) is 1. The summed E-state index contributed by atoms with van der Waals surface area (Å²) in [6.07, 6.45) is -8.18. The molecule has 0 radical (unpaired) electrons. The number of hydrogen-bond donors (Lipinski definition) is 8. The van der Waals surface area contributed by atoms with Gasteiger partial charge in [0.25, 0.3) is 0 Å². The number of Topliss-reactive ketones (excluding diaryl/α,β-unsaturated/α-hetero) is 1. The summed E-state index contributed by atoms with van der Waals surface area (Å²) in [5.74, 6) is 0.201. The normalized spacial score (nSPS) is 23.3. The molecule has 0 aliphatic carbocycles. The number of aryl methyl sites for hydroxylation is 2. The number of halogens is 1. The van der Waals surface area contributed by atoms with Crippen LogP contribution in [0.5, 0.6) is 5.75 Å². The van der Waals surface area contributed by atoms with Crippen molar-refractivity contribution in [3.8, 4) is 5.75 Å². The molecule has 1 aromatic heterocycles. The van der Waals surface area contributed by atoms with Crippen molar-refractivity contribution in [3.63, 3.8) is 0 Å². The highest BCUT2D eigenvalue weighted by Gasteiger charge is 2.39. The Balaban J connectivity index is 1.22. The average molecular weight is 798 g/mol. The first-order valence-electron chi connectivity index (χ1n) is 18.6. The highest BCUT2D eigenvalue weighted by Crippen LogP contribution is 2.22. The van der Waals surface area contributed by atoms with Gasteiger partial charge in [0.2, 0.25) is 0 Å². The molecule has 55 heavy (non-hydrogen) atoms. The largest absolute Gasteiger partial charge is 0.492 e. The number of aromatic nitrogens is 2. The maximum absolute atomic E-state index is 12.6. The van der Waals surface area contributed by atoms with E-state index in [0.717, 1.165) is 31.2 Å². The van der Waals surface area contributed by atoms with Crippen LogP contribution in [-0.2, 0) is 25.4 Å². The van der Waals surface area contributed by atoms with Crippen molar-refractivity contribution in [2.24, 2.45) is 0 Å². The predicted molar refractivity (Wildman–Crippen MR) is 200 cm³/mol. The number of ketones is 1. The zero-order valence-corrected chi connectivity index (χ0v) is 32.3. The van der Waals surface area contributed by atoms with Crippen molar-refractivity contribution in [1.29, 1.82) is 5.41 Å². The van der Waals surface area contributed by atoms with Crippen molar-refractivity contribution >= 4 is 28.9 Å². The molecule has 1 aromatic carbocycles. The van der Waals surface area contributed by atoms with Gasteiger partial charge in [-0.25, -0.2) is 9.97 Å². The van der Waals surface area contributed by atoms with Gasteiger partial charge in [-0.05, 0) is 64.2 Å². The summed E-state index contributed by atoms with van der Waals surface area (Å²) in [6, 6.07) is 7.54. The van der Waals surface area contributed by atoms with E-state index in [1.54, 1.807) is 25.7 Å². The molecule has 4 rings (SSSR count). The molecular weight excluding hydrogens is 742 g/mol. The number of ether oxygens (including phenoxy) is 5. The lowest BCUT2D eigenvalue weighted by molar-refractivity contribution is -0.135. The summed E-state index contributed by atoms with van der Waals surface area (Å²) < 4.78 is 27.4. The SMILES string of the molecule is Cc1nc(N)c(C(=O)CC(=N)CCCCCc2ccc(OCCN(C[C@H](O)[C@@H](O)[C@H](O)[C@H]3CO[C@@H](C)O3)C[C@H](O)[C@@H](O)[C@H](O)[C@H]3CO[C@@H](C)O3)cc2)nc1Cl. The zero-order chi connectivity index (χ0) is 40.2. The molecule has 0 amide bonds. The molecule has 0 unspecified atom stereocenters. The third-order valence-corrected chi connectivity index (χ3v) is 9.94. The summed E-state index contributed by atoms with van der Waals surface area (Å²) in [7, 11) is 0. The van der Waals surface area contributed by atoms with Gasteiger partial charge >= 0.3 is 0 Å². The third-order valence-electron chi connectivity index (χ3n) is 9.58. The number of nitrogen functional groups attached to an aromatic ring is 1. The minimum atomic E-state index is -1.61. The van der Waals surface area contributed by atoms with Crippen molar-refractivity contribution in [1.82, 2.24) is 14.9 Å². The smallest absolute Gasteiger partial charge is 0.190 e. The van der Waals surface area contributed by atoms with E-state index in [9.17, 15) is 35.4 Å². The second kappa shape index (κ2) is 21.6. The van der Waals surface area contributed by atoms with Crippen LogP contribution in [0, 0.1) is 12.3 Å². The molecule has 18 heteroatoms. The fourth-order valence-corrected chi connectivity index (χ4v) is 6.47. The van der Waals surface area contributed by atoms with E-state index in [-0.39, 0.29) is 68.3 Å². The fraction of sp³-hybridized carbons (Fsp3) is 0.676. The Morgan fingerprint density at radius 3 is 2.02 bits per heavy atom. The fourth-order valence-electron chi connectivity index (χ4n) is 6.34. The van der Waals surface area contributed by atoms with Gasteiger partial charge in [0.1, 0.15) is 49.0 Å². The molecule has 0 bridgehead atoms. The topological polar surface area (TPSA) is 263 Å². The van der Waals surface area contributed by atoms with Crippen LogP contribution in [0.15, 0.2) is 24.3 Å². The van der Waals surface area contributed by atoms with E-state index in [1.807, 2.05) is 24.3 Å². The first kappa shape index (κ1) is 44.8.